The van der Waals surface area contributed by atoms with Gasteiger partial charge < -0.3 is 14.8 Å². The van der Waals surface area contributed by atoms with Gasteiger partial charge in [0.2, 0.25) is 0 Å². The second kappa shape index (κ2) is 7.31. The zero-order chi connectivity index (χ0) is 20.8. The SMILES string of the molecule is COC(=O)c1ccc(O[C@H](C)C(=O)NC23CC4CC(CC(C4)C2)C3)c([N+](=O)[O-])c1. The summed E-state index contributed by atoms with van der Waals surface area (Å²) in [7, 11) is 1.20. The van der Waals surface area contributed by atoms with Crippen LogP contribution >= 0.6 is 0 Å². The average molecular weight is 402 g/mol. The molecule has 1 aromatic carbocycles. The van der Waals surface area contributed by atoms with E-state index in [1.165, 1.54) is 38.5 Å². The molecule has 0 radical (unpaired) electrons. The van der Waals surface area contributed by atoms with Gasteiger partial charge in [0.05, 0.1) is 17.6 Å². The van der Waals surface area contributed by atoms with Crippen molar-refractivity contribution in [2.24, 2.45) is 17.8 Å². The highest BCUT2D eigenvalue weighted by Crippen LogP contribution is 2.55. The van der Waals surface area contributed by atoms with Crippen LogP contribution in [0.25, 0.3) is 0 Å². The van der Waals surface area contributed by atoms with Crippen molar-refractivity contribution >= 4 is 17.6 Å². The third-order valence-electron chi connectivity index (χ3n) is 6.68. The van der Waals surface area contributed by atoms with E-state index in [1.54, 1.807) is 6.92 Å². The molecule has 29 heavy (non-hydrogen) atoms. The maximum Gasteiger partial charge on any atom is 0.338 e. The lowest BCUT2D eigenvalue weighted by Crippen LogP contribution is -2.61. The van der Waals surface area contributed by atoms with Crippen LogP contribution in [0.2, 0.25) is 0 Å². The molecule has 8 heteroatoms. The van der Waals surface area contributed by atoms with Crippen LogP contribution in [0, 0.1) is 27.9 Å². The molecule has 4 aliphatic carbocycles. The van der Waals surface area contributed by atoms with Crippen molar-refractivity contribution in [3.8, 4) is 5.75 Å². The number of amides is 1. The van der Waals surface area contributed by atoms with E-state index in [4.69, 9.17) is 4.74 Å². The van der Waals surface area contributed by atoms with E-state index in [-0.39, 0.29) is 28.4 Å². The molecule has 1 atom stereocenters. The van der Waals surface area contributed by atoms with Crippen LogP contribution in [0.5, 0.6) is 5.75 Å². The van der Waals surface area contributed by atoms with Gasteiger partial charge in [-0.15, -0.1) is 0 Å². The van der Waals surface area contributed by atoms with E-state index in [0.717, 1.165) is 25.3 Å². The standard InChI is InChI=1S/C21H26N2O6/c1-12(29-18-4-3-16(20(25)28-2)8-17(18)23(26)27)19(24)22-21-9-13-5-14(10-21)7-15(6-13)11-21/h3-4,8,12-15H,5-7,9-11H2,1-2H3,(H,22,24)/t12-,13?,14?,15?,21?/m1/s1. The van der Waals surface area contributed by atoms with Gasteiger partial charge in [-0.2, -0.15) is 0 Å². The van der Waals surface area contributed by atoms with Gasteiger partial charge >= 0.3 is 11.7 Å². The molecule has 4 fully saturated rings. The number of nitro groups is 1. The molecule has 4 saturated carbocycles. The first kappa shape index (κ1) is 19.7. The van der Waals surface area contributed by atoms with Gasteiger partial charge in [-0.05, 0) is 75.3 Å². The van der Waals surface area contributed by atoms with Gasteiger partial charge in [-0.3, -0.25) is 14.9 Å². The van der Waals surface area contributed by atoms with Crippen LogP contribution in [0.1, 0.15) is 55.8 Å². The number of hydrogen-bond donors (Lipinski definition) is 1. The van der Waals surface area contributed by atoms with Crippen LogP contribution in [0.4, 0.5) is 5.69 Å². The number of carbonyl (C=O) groups excluding carboxylic acids is 2. The summed E-state index contributed by atoms with van der Waals surface area (Å²) in [6.45, 7) is 1.59. The second-order valence-corrected chi connectivity index (χ2v) is 8.88. The maximum absolute atomic E-state index is 12.9. The van der Waals surface area contributed by atoms with Crippen molar-refractivity contribution in [1.82, 2.24) is 5.32 Å². The summed E-state index contributed by atoms with van der Waals surface area (Å²) >= 11 is 0. The number of methoxy groups -OCH3 is 1. The molecular formula is C21H26N2O6. The van der Waals surface area contributed by atoms with E-state index >= 15 is 0 Å². The lowest BCUT2D eigenvalue weighted by molar-refractivity contribution is -0.386. The van der Waals surface area contributed by atoms with Crippen LogP contribution in [0.3, 0.4) is 0 Å². The Kier molecular flexibility index (Phi) is 4.96. The zero-order valence-corrected chi connectivity index (χ0v) is 16.7. The summed E-state index contributed by atoms with van der Waals surface area (Å²) in [6.07, 6.45) is 6.01. The first-order chi connectivity index (χ1) is 13.8. The Morgan fingerprint density at radius 3 is 2.28 bits per heavy atom. The third kappa shape index (κ3) is 3.80. The number of benzene rings is 1. The van der Waals surface area contributed by atoms with Gasteiger partial charge in [0.1, 0.15) is 0 Å². The molecule has 1 amide bonds. The topological polar surface area (TPSA) is 108 Å². The van der Waals surface area contributed by atoms with E-state index in [9.17, 15) is 19.7 Å². The number of carbonyl (C=O) groups is 2. The Hall–Kier alpha value is -2.64. The minimum atomic E-state index is -0.884. The van der Waals surface area contributed by atoms with E-state index in [2.05, 4.69) is 10.1 Å². The average Bonchev–Trinajstić information content (AvgIpc) is 2.65. The summed E-state index contributed by atoms with van der Waals surface area (Å²) in [5, 5.41) is 14.6. The summed E-state index contributed by atoms with van der Waals surface area (Å²) < 4.78 is 10.2. The normalized spacial score (nSPS) is 30.5. The molecule has 0 unspecified atom stereocenters. The highest BCUT2D eigenvalue weighted by atomic mass is 16.6. The summed E-state index contributed by atoms with van der Waals surface area (Å²) in [5.41, 5.74) is -0.469. The molecule has 0 aromatic heterocycles. The molecule has 0 aliphatic heterocycles. The Morgan fingerprint density at radius 1 is 1.17 bits per heavy atom. The van der Waals surface area contributed by atoms with Gasteiger partial charge in [0.15, 0.2) is 11.9 Å². The number of ether oxygens (including phenoxy) is 2. The van der Waals surface area contributed by atoms with Crippen LogP contribution in [-0.2, 0) is 9.53 Å². The van der Waals surface area contributed by atoms with Gasteiger partial charge in [-0.25, -0.2) is 4.79 Å². The first-order valence-electron chi connectivity index (χ1n) is 10.1. The monoisotopic (exact) mass is 402 g/mol. The van der Waals surface area contributed by atoms with Crippen LogP contribution < -0.4 is 10.1 Å². The minimum Gasteiger partial charge on any atom is -0.474 e. The molecule has 4 aliphatic rings. The molecule has 1 N–H and O–H groups in total. The predicted molar refractivity (Wildman–Crippen MR) is 104 cm³/mol. The fourth-order valence-corrected chi connectivity index (χ4v) is 5.88. The Labute approximate surface area is 169 Å². The lowest BCUT2D eigenvalue weighted by atomic mass is 9.53. The molecule has 1 aromatic rings. The maximum atomic E-state index is 12.9. The van der Waals surface area contributed by atoms with Crippen molar-refractivity contribution in [3.05, 3.63) is 33.9 Å². The second-order valence-electron chi connectivity index (χ2n) is 8.88. The van der Waals surface area contributed by atoms with Crippen LogP contribution in [0.15, 0.2) is 18.2 Å². The Bertz CT molecular complexity index is 816. The van der Waals surface area contributed by atoms with Gasteiger partial charge in [0.25, 0.3) is 5.91 Å². The molecule has 4 bridgehead atoms. The molecule has 8 nitrogen and oxygen atoms in total. The summed E-state index contributed by atoms with van der Waals surface area (Å²) in [5.74, 6) is 1.13. The number of hydrogen-bond acceptors (Lipinski definition) is 6. The molecule has 0 saturated heterocycles. The first-order valence-corrected chi connectivity index (χ1v) is 10.1. The highest BCUT2D eigenvalue weighted by molar-refractivity contribution is 5.90. The molecule has 0 heterocycles. The van der Waals surface area contributed by atoms with E-state index in [0.29, 0.717) is 17.8 Å². The van der Waals surface area contributed by atoms with Crippen molar-refractivity contribution in [3.63, 3.8) is 0 Å². The fraction of sp³-hybridized carbons (Fsp3) is 0.619. The summed E-state index contributed by atoms with van der Waals surface area (Å²) in [4.78, 5) is 35.3. The fourth-order valence-electron chi connectivity index (χ4n) is 5.88. The Morgan fingerprint density at radius 2 is 1.76 bits per heavy atom. The predicted octanol–water partition coefficient (Wildman–Crippen LogP) is 3.23. The zero-order valence-electron chi connectivity index (χ0n) is 16.7. The minimum absolute atomic E-state index is 0.0455. The highest BCUT2D eigenvalue weighted by Gasteiger charge is 2.51. The van der Waals surface area contributed by atoms with Crippen molar-refractivity contribution in [1.29, 1.82) is 0 Å². The van der Waals surface area contributed by atoms with E-state index in [1.807, 2.05) is 0 Å². The number of esters is 1. The largest absolute Gasteiger partial charge is 0.474 e. The van der Waals surface area contributed by atoms with Crippen molar-refractivity contribution in [2.45, 2.75) is 57.1 Å². The number of nitrogens with one attached hydrogen (secondary N) is 1. The molecular weight excluding hydrogens is 376 g/mol. The van der Waals surface area contributed by atoms with Crippen molar-refractivity contribution < 1.29 is 24.0 Å². The molecule has 156 valence electrons. The number of nitrogens with zero attached hydrogens (tertiary/aromatic N) is 1. The van der Waals surface area contributed by atoms with Gasteiger partial charge in [0, 0.05) is 11.6 Å². The number of nitro benzene ring substituents is 1. The van der Waals surface area contributed by atoms with Gasteiger partial charge in [-0.1, -0.05) is 0 Å². The quantitative estimate of drug-likeness (QED) is 0.445. The molecule has 5 rings (SSSR count). The third-order valence-corrected chi connectivity index (χ3v) is 6.68. The Balaban J connectivity index is 1.46. The lowest BCUT2D eigenvalue weighted by Gasteiger charge is -2.57. The molecule has 0 spiro atoms. The van der Waals surface area contributed by atoms with Crippen LogP contribution in [-0.4, -0.2) is 35.6 Å². The smallest absolute Gasteiger partial charge is 0.338 e. The summed E-state index contributed by atoms with van der Waals surface area (Å²) in [6, 6.07) is 3.82. The number of rotatable bonds is 6. The van der Waals surface area contributed by atoms with E-state index < -0.39 is 17.0 Å². The van der Waals surface area contributed by atoms with Crippen molar-refractivity contribution in [2.75, 3.05) is 7.11 Å².